The molecule has 1 saturated carbocycles. The number of carboxylic acid groups (broad SMARTS) is 1. The molecule has 1 heterocycles. The zero-order valence-electron chi connectivity index (χ0n) is 19.1. The fraction of sp³-hybridized carbons (Fsp3) is 0.320. The van der Waals surface area contributed by atoms with E-state index in [0.717, 1.165) is 41.2 Å². The summed E-state index contributed by atoms with van der Waals surface area (Å²) in [6.45, 7) is 3.23. The quantitative estimate of drug-likeness (QED) is 0.404. The summed E-state index contributed by atoms with van der Waals surface area (Å²) in [7, 11) is 0. The zero-order chi connectivity index (χ0) is 25.4. The number of fused-ring (bicyclic) bond motifs is 1. The number of aromatic nitrogens is 1. The standard InChI is InChI=1S/C23H25N3O2.C2HF3O2/c1-16(27)24-13-12-17-4-10-22-19(14-17)5-11-23(26-22)28-21-8-6-20(7-9-21)25-15-18-2-3-18;3-2(4,5)1(6)7/h4-11,14,18,25H,2-3,12-13,15H2,1H3,(H,24,27);(H,6,7). The Hall–Kier alpha value is -3.82. The van der Waals surface area contributed by atoms with Crippen LogP contribution < -0.4 is 15.4 Å². The average Bonchev–Trinajstić information content (AvgIpc) is 3.63. The second-order valence-corrected chi connectivity index (χ2v) is 8.16. The predicted molar refractivity (Wildman–Crippen MR) is 126 cm³/mol. The van der Waals surface area contributed by atoms with Crippen LogP contribution in [0.1, 0.15) is 25.3 Å². The molecule has 10 heteroatoms. The number of ether oxygens (including phenoxy) is 1. The van der Waals surface area contributed by atoms with Gasteiger partial charge in [0.05, 0.1) is 5.52 Å². The average molecular weight is 489 g/mol. The molecule has 2 aromatic carbocycles. The largest absolute Gasteiger partial charge is 0.490 e. The van der Waals surface area contributed by atoms with Crippen molar-refractivity contribution in [2.75, 3.05) is 18.4 Å². The number of halogens is 3. The van der Waals surface area contributed by atoms with Crippen LogP contribution in [0.3, 0.4) is 0 Å². The van der Waals surface area contributed by atoms with Gasteiger partial charge in [0, 0.05) is 37.2 Å². The van der Waals surface area contributed by atoms with Gasteiger partial charge in [-0.2, -0.15) is 13.2 Å². The Morgan fingerprint density at radius 3 is 2.37 bits per heavy atom. The van der Waals surface area contributed by atoms with E-state index in [9.17, 15) is 18.0 Å². The van der Waals surface area contributed by atoms with Crippen LogP contribution in [-0.4, -0.2) is 41.2 Å². The molecule has 3 N–H and O–H groups in total. The van der Waals surface area contributed by atoms with Crippen molar-refractivity contribution in [1.29, 1.82) is 0 Å². The number of benzene rings is 2. The number of alkyl halides is 3. The summed E-state index contributed by atoms with van der Waals surface area (Å²) in [5.74, 6) is -0.556. The number of aliphatic carboxylic acids is 1. The fourth-order valence-electron chi connectivity index (χ4n) is 3.10. The summed E-state index contributed by atoms with van der Waals surface area (Å²) >= 11 is 0. The van der Waals surface area contributed by atoms with Crippen molar-refractivity contribution < 1.29 is 32.6 Å². The Bertz CT molecular complexity index is 1160. The molecule has 0 bridgehead atoms. The highest BCUT2D eigenvalue weighted by Crippen LogP contribution is 2.29. The molecule has 0 spiro atoms. The molecule has 3 aromatic rings. The molecule has 4 rings (SSSR count). The Kier molecular flexibility index (Phi) is 8.51. The maximum atomic E-state index is 11.0. The van der Waals surface area contributed by atoms with Gasteiger partial charge in [0.1, 0.15) is 5.75 Å². The van der Waals surface area contributed by atoms with E-state index in [1.54, 1.807) is 0 Å². The van der Waals surface area contributed by atoms with Crippen molar-refractivity contribution in [1.82, 2.24) is 10.3 Å². The van der Waals surface area contributed by atoms with E-state index in [0.29, 0.717) is 12.4 Å². The number of carbonyl (C=O) groups excluding carboxylic acids is 1. The minimum Gasteiger partial charge on any atom is -0.475 e. The van der Waals surface area contributed by atoms with Crippen molar-refractivity contribution in [3.8, 4) is 11.6 Å². The summed E-state index contributed by atoms with van der Waals surface area (Å²) < 4.78 is 37.7. The maximum Gasteiger partial charge on any atom is 0.490 e. The summed E-state index contributed by atoms with van der Waals surface area (Å²) in [6, 6.07) is 18.1. The van der Waals surface area contributed by atoms with Gasteiger partial charge >= 0.3 is 12.1 Å². The van der Waals surface area contributed by atoms with Crippen molar-refractivity contribution in [3.63, 3.8) is 0 Å². The Morgan fingerprint density at radius 2 is 1.77 bits per heavy atom. The molecule has 1 amide bonds. The number of carbonyl (C=O) groups is 2. The molecule has 1 aromatic heterocycles. The number of carboxylic acids is 1. The lowest BCUT2D eigenvalue weighted by Crippen LogP contribution is -2.22. The summed E-state index contributed by atoms with van der Waals surface area (Å²) in [5, 5.41) is 14.5. The van der Waals surface area contributed by atoms with E-state index < -0.39 is 12.1 Å². The van der Waals surface area contributed by atoms with Gasteiger partial charge in [-0.25, -0.2) is 9.78 Å². The predicted octanol–water partition coefficient (Wildman–Crippen LogP) is 5.16. The molecule has 1 fully saturated rings. The first-order chi connectivity index (χ1) is 16.6. The normalized spacial score (nSPS) is 12.9. The lowest BCUT2D eigenvalue weighted by molar-refractivity contribution is -0.192. The van der Waals surface area contributed by atoms with E-state index in [4.69, 9.17) is 14.6 Å². The van der Waals surface area contributed by atoms with E-state index in [-0.39, 0.29) is 5.91 Å². The smallest absolute Gasteiger partial charge is 0.475 e. The highest BCUT2D eigenvalue weighted by atomic mass is 19.4. The number of nitrogens with one attached hydrogen (secondary N) is 2. The van der Waals surface area contributed by atoms with Crippen LogP contribution >= 0.6 is 0 Å². The molecule has 0 radical (unpaired) electrons. The van der Waals surface area contributed by atoms with Crippen LogP contribution in [0, 0.1) is 5.92 Å². The summed E-state index contributed by atoms with van der Waals surface area (Å²) in [4.78, 5) is 24.5. The summed E-state index contributed by atoms with van der Waals surface area (Å²) in [5.41, 5.74) is 3.19. The van der Waals surface area contributed by atoms with Crippen LogP contribution in [0.5, 0.6) is 11.6 Å². The highest BCUT2D eigenvalue weighted by Gasteiger charge is 2.38. The highest BCUT2D eigenvalue weighted by molar-refractivity contribution is 5.80. The van der Waals surface area contributed by atoms with Crippen LogP contribution in [-0.2, 0) is 16.0 Å². The second kappa shape index (κ2) is 11.5. The van der Waals surface area contributed by atoms with Crippen LogP contribution in [0.25, 0.3) is 10.9 Å². The third-order valence-electron chi connectivity index (χ3n) is 5.13. The third kappa shape index (κ3) is 8.80. The molecular formula is C25H26F3N3O4. The first-order valence-electron chi connectivity index (χ1n) is 11.1. The Balaban J connectivity index is 0.000000429. The zero-order valence-corrected chi connectivity index (χ0v) is 19.1. The number of amides is 1. The molecule has 7 nitrogen and oxygen atoms in total. The monoisotopic (exact) mass is 489 g/mol. The first kappa shape index (κ1) is 25.8. The van der Waals surface area contributed by atoms with E-state index in [2.05, 4.69) is 21.7 Å². The SMILES string of the molecule is CC(=O)NCCc1ccc2nc(Oc3ccc(NCC4CC4)cc3)ccc2c1.O=C(O)C(F)(F)F. The van der Waals surface area contributed by atoms with Gasteiger partial charge < -0.3 is 20.5 Å². The van der Waals surface area contributed by atoms with E-state index in [1.807, 2.05) is 48.5 Å². The molecule has 0 unspecified atom stereocenters. The molecule has 186 valence electrons. The number of hydrogen-bond donors (Lipinski definition) is 3. The topological polar surface area (TPSA) is 101 Å². The van der Waals surface area contributed by atoms with Gasteiger partial charge in [-0.1, -0.05) is 6.07 Å². The number of pyridine rings is 1. The Morgan fingerprint density at radius 1 is 1.09 bits per heavy atom. The van der Waals surface area contributed by atoms with Crippen molar-refractivity contribution in [2.45, 2.75) is 32.4 Å². The molecule has 0 aliphatic heterocycles. The number of nitrogens with zero attached hydrogens (tertiary/aromatic N) is 1. The van der Waals surface area contributed by atoms with Crippen LogP contribution in [0.4, 0.5) is 18.9 Å². The van der Waals surface area contributed by atoms with Crippen molar-refractivity contribution >= 4 is 28.5 Å². The number of anilines is 1. The Labute approximate surface area is 200 Å². The van der Waals surface area contributed by atoms with Gasteiger partial charge in [-0.05, 0) is 73.2 Å². The van der Waals surface area contributed by atoms with Gasteiger partial charge in [-0.15, -0.1) is 0 Å². The summed E-state index contributed by atoms with van der Waals surface area (Å²) in [6.07, 6.45) is -1.59. The third-order valence-corrected chi connectivity index (χ3v) is 5.13. The second-order valence-electron chi connectivity index (χ2n) is 8.16. The number of rotatable bonds is 8. The van der Waals surface area contributed by atoms with Crippen molar-refractivity contribution in [2.24, 2.45) is 5.92 Å². The van der Waals surface area contributed by atoms with Gasteiger partial charge in [-0.3, -0.25) is 4.79 Å². The first-order valence-corrected chi connectivity index (χ1v) is 11.1. The van der Waals surface area contributed by atoms with E-state index in [1.165, 1.54) is 25.3 Å². The van der Waals surface area contributed by atoms with Crippen molar-refractivity contribution in [3.05, 3.63) is 60.2 Å². The van der Waals surface area contributed by atoms with Gasteiger partial charge in [0.25, 0.3) is 0 Å². The van der Waals surface area contributed by atoms with E-state index >= 15 is 0 Å². The number of hydrogen-bond acceptors (Lipinski definition) is 5. The molecule has 1 aliphatic rings. The van der Waals surface area contributed by atoms with Crippen LogP contribution in [0.2, 0.25) is 0 Å². The van der Waals surface area contributed by atoms with Crippen LogP contribution in [0.15, 0.2) is 54.6 Å². The lowest BCUT2D eigenvalue weighted by atomic mass is 10.1. The fourth-order valence-corrected chi connectivity index (χ4v) is 3.10. The molecular weight excluding hydrogens is 463 g/mol. The lowest BCUT2D eigenvalue weighted by Gasteiger charge is -2.09. The minimum atomic E-state index is -5.08. The minimum absolute atomic E-state index is 0.00373. The molecule has 35 heavy (non-hydrogen) atoms. The van der Waals surface area contributed by atoms with Gasteiger partial charge in [0.15, 0.2) is 0 Å². The maximum absolute atomic E-state index is 11.0. The molecule has 0 atom stereocenters. The molecule has 0 saturated heterocycles. The van der Waals surface area contributed by atoms with Gasteiger partial charge in [0.2, 0.25) is 11.8 Å². The molecule has 1 aliphatic carbocycles.